The van der Waals surface area contributed by atoms with Crippen LogP contribution < -0.4 is 5.32 Å². The zero-order chi connectivity index (χ0) is 17.8. The summed E-state index contributed by atoms with van der Waals surface area (Å²) in [5, 5.41) is 13.0. The van der Waals surface area contributed by atoms with Crippen molar-refractivity contribution in [3.63, 3.8) is 0 Å². The predicted molar refractivity (Wildman–Crippen MR) is 99.1 cm³/mol. The first-order chi connectivity index (χ1) is 12.0. The van der Waals surface area contributed by atoms with Gasteiger partial charge < -0.3 is 10.4 Å². The second-order valence-corrected chi connectivity index (χ2v) is 7.68. The molecule has 0 bridgehead atoms. The smallest absolute Gasteiger partial charge is 0.237 e. The molecule has 4 unspecified atom stereocenters. The normalized spacial score (nSPS) is 27.3. The fourth-order valence-electron chi connectivity index (χ4n) is 3.98. The van der Waals surface area contributed by atoms with E-state index >= 15 is 0 Å². The lowest BCUT2D eigenvalue weighted by Gasteiger charge is -2.25. The van der Waals surface area contributed by atoms with Gasteiger partial charge in [0.05, 0.1) is 12.1 Å². The molecule has 0 radical (unpaired) electrons. The summed E-state index contributed by atoms with van der Waals surface area (Å²) in [5.74, 6) is 0.417. The van der Waals surface area contributed by atoms with Crippen LogP contribution in [0.4, 0.5) is 0 Å². The van der Waals surface area contributed by atoms with Crippen LogP contribution in [0.5, 0.6) is 0 Å². The molecule has 5 nitrogen and oxygen atoms in total. The van der Waals surface area contributed by atoms with Crippen LogP contribution in [-0.2, 0) is 11.3 Å². The van der Waals surface area contributed by atoms with Crippen LogP contribution in [0.3, 0.4) is 0 Å². The molecule has 3 rings (SSSR count). The minimum atomic E-state index is -0.290. The zero-order valence-electron chi connectivity index (χ0n) is 15.4. The Morgan fingerprint density at radius 2 is 1.96 bits per heavy atom. The Hall–Kier alpha value is -1.43. The molecule has 2 fully saturated rings. The molecule has 0 saturated carbocycles. The van der Waals surface area contributed by atoms with Crippen molar-refractivity contribution in [2.24, 2.45) is 5.92 Å². The van der Waals surface area contributed by atoms with E-state index in [9.17, 15) is 9.90 Å². The van der Waals surface area contributed by atoms with Crippen LogP contribution in [0, 0.1) is 5.92 Å². The lowest BCUT2D eigenvalue weighted by molar-refractivity contribution is -0.126. The third kappa shape index (κ3) is 4.81. The van der Waals surface area contributed by atoms with E-state index in [4.69, 9.17) is 0 Å². The molecule has 1 aromatic carbocycles. The largest absolute Gasteiger partial charge is 0.393 e. The third-order valence-corrected chi connectivity index (χ3v) is 5.73. The highest BCUT2D eigenvalue weighted by atomic mass is 16.3. The van der Waals surface area contributed by atoms with Gasteiger partial charge in [-0.1, -0.05) is 30.3 Å². The van der Waals surface area contributed by atoms with E-state index in [0.717, 1.165) is 45.6 Å². The standard InChI is InChI=1S/C20H31N3O2/c1-15(23-11-8-18(13-23)16(2)24)20(25)21-19-9-10-22(14-19)12-17-6-4-3-5-7-17/h3-7,15-16,18-19,24H,8-14H2,1-2H3,(H,21,25). The van der Waals surface area contributed by atoms with E-state index < -0.39 is 0 Å². The Bertz CT molecular complexity index is 563. The average molecular weight is 345 g/mol. The minimum absolute atomic E-state index is 0.119. The first-order valence-electron chi connectivity index (χ1n) is 9.51. The number of carbonyl (C=O) groups is 1. The summed E-state index contributed by atoms with van der Waals surface area (Å²) in [6, 6.07) is 10.6. The number of hydrogen-bond acceptors (Lipinski definition) is 4. The van der Waals surface area contributed by atoms with Crippen molar-refractivity contribution >= 4 is 5.91 Å². The Morgan fingerprint density at radius 3 is 2.64 bits per heavy atom. The molecule has 25 heavy (non-hydrogen) atoms. The Balaban J connectivity index is 1.44. The number of hydrogen-bond donors (Lipinski definition) is 2. The molecule has 1 amide bonds. The Labute approximate surface area is 151 Å². The zero-order valence-corrected chi connectivity index (χ0v) is 15.4. The molecule has 4 atom stereocenters. The molecule has 0 aromatic heterocycles. The van der Waals surface area contributed by atoms with Gasteiger partial charge in [0.25, 0.3) is 0 Å². The molecule has 0 spiro atoms. The van der Waals surface area contributed by atoms with Crippen molar-refractivity contribution in [1.82, 2.24) is 15.1 Å². The molecule has 2 saturated heterocycles. The van der Waals surface area contributed by atoms with Gasteiger partial charge in [-0.25, -0.2) is 0 Å². The molecule has 1 aromatic rings. The third-order valence-electron chi connectivity index (χ3n) is 5.73. The van der Waals surface area contributed by atoms with Crippen LogP contribution >= 0.6 is 0 Å². The number of rotatable bonds is 6. The van der Waals surface area contributed by atoms with Crippen LogP contribution in [0.2, 0.25) is 0 Å². The first kappa shape index (κ1) is 18.4. The average Bonchev–Trinajstić information content (AvgIpc) is 3.25. The van der Waals surface area contributed by atoms with Crippen molar-refractivity contribution in [3.8, 4) is 0 Å². The van der Waals surface area contributed by atoms with E-state index in [1.165, 1.54) is 5.56 Å². The van der Waals surface area contributed by atoms with Gasteiger partial charge in [-0.3, -0.25) is 14.6 Å². The first-order valence-corrected chi connectivity index (χ1v) is 9.51. The van der Waals surface area contributed by atoms with Crippen LogP contribution in [0.25, 0.3) is 0 Å². The lowest BCUT2D eigenvalue weighted by Crippen LogP contribution is -2.48. The SMILES string of the molecule is CC(O)C1CCN(C(C)C(=O)NC2CCN(Cc3ccccc3)C2)C1. The maximum absolute atomic E-state index is 12.6. The number of aliphatic hydroxyl groups is 1. The Kier molecular flexibility index (Phi) is 6.10. The summed E-state index contributed by atoms with van der Waals surface area (Å²) in [6.07, 6.45) is 1.70. The second-order valence-electron chi connectivity index (χ2n) is 7.68. The van der Waals surface area contributed by atoms with Crippen molar-refractivity contribution in [2.45, 2.75) is 51.4 Å². The highest BCUT2D eigenvalue weighted by molar-refractivity contribution is 5.81. The molecule has 2 aliphatic heterocycles. The predicted octanol–water partition coefficient (Wildman–Crippen LogP) is 1.47. The van der Waals surface area contributed by atoms with Crippen molar-refractivity contribution in [1.29, 1.82) is 0 Å². The number of carbonyl (C=O) groups excluding carboxylic acids is 1. The summed E-state index contributed by atoms with van der Waals surface area (Å²) in [7, 11) is 0. The van der Waals surface area contributed by atoms with Gasteiger partial charge >= 0.3 is 0 Å². The summed E-state index contributed by atoms with van der Waals surface area (Å²) >= 11 is 0. The molecular weight excluding hydrogens is 314 g/mol. The van der Waals surface area contributed by atoms with E-state index in [0.29, 0.717) is 5.92 Å². The Morgan fingerprint density at radius 1 is 1.20 bits per heavy atom. The van der Waals surface area contributed by atoms with E-state index in [-0.39, 0.29) is 24.1 Å². The molecule has 0 aliphatic carbocycles. The topological polar surface area (TPSA) is 55.8 Å². The molecule has 2 aliphatic rings. The highest BCUT2D eigenvalue weighted by Crippen LogP contribution is 2.22. The number of amides is 1. The molecular formula is C20H31N3O2. The van der Waals surface area contributed by atoms with Gasteiger partial charge in [-0.15, -0.1) is 0 Å². The fraction of sp³-hybridized carbons (Fsp3) is 0.650. The van der Waals surface area contributed by atoms with Gasteiger partial charge in [0.15, 0.2) is 0 Å². The van der Waals surface area contributed by atoms with Gasteiger partial charge in [0.2, 0.25) is 5.91 Å². The van der Waals surface area contributed by atoms with Crippen LogP contribution in [-0.4, -0.2) is 65.2 Å². The molecule has 2 N–H and O–H groups in total. The van der Waals surface area contributed by atoms with E-state index in [1.807, 2.05) is 19.9 Å². The molecule has 138 valence electrons. The maximum Gasteiger partial charge on any atom is 0.237 e. The van der Waals surface area contributed by atoms with Gasteiger partial charge in [-0.05, 0) is 44.7 Å². The van der Waals surface area contributed by atoms with E-state index in [2.05, 4.69) is 39.4 Å². The number of likely N-dealkylation sites (tertiary alicyclic amines) is 2. The molecule has 5 heteroatoms. The summed E-state index contributed by atoms with van der Waals surface area (Å²) in [5.41, 5.74) is 1.32. The van der Waals surface area contributed by atoms with Crippen molar-refractivity contribution in [2.75, 3.05) is 26.2 Å². The summed E-state index contributed by atoms with van der Waals surface area (Å²) in [6.45, 7) is 8.44. The van der Waals surface area contributed by atoms with Crippen molar-refractivity contribution < 1.29 is 9.90 Å². The maximum atomic E-state index is 12.6. The lowest BCUT2D eigenvalue weighted by atomic mass is 10.0. The monoisotopic (exact) mass is 345 g/mol. The van der Waals surface area contributed by atoms with Gasteiger partial charge in [0.1, 0.15) is 0 Å². The van der Waals surface area contributed by atoms with E-state index in [1.54, 1.807) is 0 Å². The van der Waals surface area contributed by atoms with Crippen LogP contribution in [0.15, 0.2) is 30.3 Å². The summed E-state index contributed by atoms with van der Waals surface area (Å²) < 4.78 is 0. The second kappa shape index (κ2) is 8.30. The van der Waals surface area contributed by atoms with Crippen molar-refractivity contribution in [3.05, 3.63) is 35.9 Å². The number of aliphatic hydroxyl groups excluding tert-OH is 1. The molecule has 2 heterocycles. The minimum Gasteiger partial charge on any atom is -0.393 e. The van der Waals surface area contributed by atoms with Gasteiger partial charge in [-0.2, -0.15) is 0 Å². The highest BCUT2D eigenvalue weighted by Gasteiger charge is 2.33. The van der Waals surface area contributed by atoms with Crippen LogP contribution in [0.1, 0.15) is 32.3 Å². The number of nitrogens with zero attached hydrogens (tertiary/aromatic N) is 2. The number of benzene rings is 1. The quantitative estimate of drug-likeness (QED) is 0.820. The summed E-state index contributed by atoms with van der Waals surface area (Å²) in [4.78, 5) is 17.2. The fourth-order valence-corrected chi connectivity index (χ4v) is 3.98. The van der Waals surface area contributed by atoms with Gasteiger partial charge in [0, 0.05) is 32.2 Å². The number of nitrogens with one attached hydrogen (secondary N) is 1.